The largest absolute Gasteiger partial charge is 0.494 e. The number of hydrogen-bond donors (Lipinski definition) is 0. The predicted octanol–water partition coefficient (Wildman–Crippen LogP) is 4.28. The number of benzene rings is 1. The maximum absolute atomic E-state index is 12.8. The first-order chi connectivity index (χ1) is 13.2. The number of anilines is 1. The number of hydrogen-bond acceptors (Lipinski definition) is 5. The number of imide groups is 1. The third-order valence-electron chi connectivity index (χ3n) is 5.86. The lowest BCUT2D eigenvalue weighted by molar-refractivity contribution is -0.122. The molecule has 2 atom stereocenters. The van der Waals surface area contributed by atoms with Gasteiger partial charge in [-0.1, -0.05) is 39.0 Å². The van der Waals surface area contributed by atoms with Crippen LogP contribution in [0.3, 0.4) is 0 Å². The second-order valence-electron chi connectivity index (χ2n) is 7.86. The SMILES string of the molecule is CCCCCCCCOc1ccc(N2C(=O)C3N=NC4(CC4)C3C2=O)cc1. The lowest BCUT2D eigenvalue weighted by atomic mass is 9.94. The van der Waals surface area contributed by atoms with Crippen LogP contribution in [0.25, 0.3) is 0 Å². The maximum Gasteiger partial charge on any atom is 0.261 e. The first kappa shape index (κ1) is 18.1. The smallest absolute Gasteiger partial charge is 0.261 e. The summed E-state index contributed by atoms with van der Waals surface area (Å²) >= 11 is 0. The molecule has 2 fully saturated rings. The molecule has 6 heteroatoms. The van der Waals surface area contributed by atoms with Crippen LogP contribution in [0.4, 0.5) is 5.69 Å². The van der Waals surface area contributed by atoms with Gasteiger partial charge in [0.1, 0.15) is 5.75 Å². The minimum atomic E-state index is -0.622. The third kappa shape index (κ3) is 3.37. The number of ether oxygens (including phenoxy) is 1. The Bertz CT molecular complexity index is 740. The van der Waals surface area contributed by atoms with E-state index in [1.54, 1.807) is 12.1 Å². The van der Waals surface area contributed by atoms with Gasteiger partial charge in [-0.2, -0.15) is 10.2 Å². The summed E-state index contributed by atoms with van der Waals surface area (Å²) in [5.41, 5.74) is 0.212. The van der Waals surface area contributed by atoms with Crippen molar-refractivity contribution in [3.8, 4) is 5.75 Å². The minimum absolute atomic E-state index is 0.159. The van der Waals surface area contributed by atoms with Crippen LogP contribution < -0.4 is 9.64 Å². The lowest BCUT2D eigenvalue weighted by Gasteiger charge is -2.17. The van der Waals surface area contributed by atoms with Gasteiger partial charge in [-0.3, -0.25) is 9.59 Å². The van der Waals surface area contributed by atoms with Crippen LogP contribution in [0, 0.1) is 5.92 Å². The highest BCUT2D eigenvalue weighted by molar-refractivity contribution is 6.24. The molecule has 1 aromatic rings. The minimum Gasteiger partial charge on any atom is -0.494 e. The topological polar surface area (TPSA) is 71.3 Å². The Kier molecular flexibility index (Phi) is 4.98. The molecule has 144 valence electrons. The molecule has 27 heavy (non-hydrogen) atoms. The van der Waals surface area contributed by atoms with Gasteiger partial charge in [0.15, 0.2) is 6.04 Å². The van der Waals surface area contributed by atoms with Crippen molar-refractivity contribution in [2.45, 2.75) is 69.9 Å². The molecule has 6 nitrogen and oxygen atoms in total. The molecule has 1 saturated heterocycles. The van der Waals surface area contributed by atoms with Crippen molar-refractivity contribution in [1.82, 2.24) is 0 Å². The highest BCUT2D eigenvalue weighted by Crippen LogP contribution is 2.55. The highest BCUT2D eigenvalue weighted by atomic mass is 16.5. The summed E-state index contributed by atoms with van der Waals surface area (Å²) in [6.45, 7) is 2.91. The number of nitrogens with zero attached hydrogens (tertiary/aromatic N) is 3. The van der Waals surface area contributed by atoms with Crippen LogP contribution in [0.1, 0.15) is 58.3 Å². The Hall–Kier alpha value is -2.24. The fourth-order valence-corrected chi connectivity index (χ4v) is 4.09. The molecule has 1 aromatic carbocycles. The molecular weight excluding hydrogens is 342 g/mol. The quantitative estimate of drug-likeness (QED) is 0.482. The molecular formula is C21H27N3O3. The summed E-state index contributed by atoms with van der Waals surface area (Å²) in [4.78, 5) is 26.7. The lowest BCUT2D eigenvalue weighted by Crippen LogP contribution is -2.33. The van der Waals surface area contributed by atoms with Crippen LogP contribution in [-0.2, 0) is 9.59 Å². The Balaban J connectivity index is 1.31. The number of amides is 2. The van der Waals surface area contributed by atoms with Crippen LogP contribution in [-0.4, -0.2) is 30.0 Å². The molecule has 0 N–H and O–H groups in total. The van der Waals surface area contributed by atoms with E-state index in [-0.39, 0.29) is 17.4 Å². The van der Waals surface area contributed by atoms with Gasteiger partial charge in [0.25, 0.3) is 5.91 Å². The molecule has 4 rings (SSSR count). The standard InChI is InChI=1S/C21H27N3O3/c1-2-3-4-5-6-7-14-27-16-10-8-15(9-11-16)24-19(25)17-18(20(24)26)22-23-21(17)12-13-21/h8-11,17-18H,2-7,12-14H2,1H3. The van der Waals surface area contributed by atoms with E-state index in [1.807, 2.05) is 12.1 Å². The second kappa shape index (κ2) is 7.41. The van der Waals surface area contributed by atoms with E-state index in [4.69, 9.17) is 4.74 Å². The fourth-order valence-electron chi connectivity index (χ4n) is 4.09. The Labute approximate surface area is 160 Å². The molecule has 1 saturated carbocycles. The van der Waals surface area contributed by atoms with Crippen LogP contribution >= 0.6 is 0 Å². The van der Waals surface area contributed by atoms with Crippen molar-refractivity contribution >= 4 is 17.5 Å². The maximum atomic E-state index is 12.8. The van der Waals surface area contributed by atoms with Gasteiger partial charge >= 0.3 is 0 Å². The van der Waals surface area contributed by atoms with Crippen molar-refractivity contribution < 1.29 is 14.3 Å². The number of carbonyl (C=O) groups is 2. The molecule has 1 aliphatic carbocycles. The summed E-state index contributed by atoms with van der Waals surface area (Å²) in [5, 5.41) is 8.31. The molecule has 2 amide bonds. The van der Waals surface area contributed by atoms with E-state index in [2.05, 4.69) is 17.2 Å². The highest BCUT2D eigenvalue weighted by Gasteiger charge is 2.67. The summed E-state index contributed by atoms with van der Waals surface area (Å²) in [5.74, 6) is -0.0369. The average molecular weight is 369 g/mol. The molecule has 1 spiro atoms. The van der Waals surface area contributed by atoms with Gasteiger partial charge in [0.05, 0.1) is 23.8 Å². The van der Waals surface area contributed by atoms with Gasteiger partial charge in [0, 0.05) is 0 Å². The van der Waals surface area contributed by atoms with E-state index in [0.717, 1.165) is 25.0 Å². The van der Waals surface area contributed by atoms with Gasteiger partial charge in [-0.25, -0.2) is 4.90 Å². The predicted molar refractivity (Wildman–Crippen MR) is 102 cm³/mol. The Morgan fingerprint density at radius 1 is 1.04 bits per heavy atom. The zero-order valence-corrected chi connectivity index (χ0v) is 15.9. The van der Waals surface area contributed by atoms with Gasteiger partial charge in [0.2, 0.25) is 5.91 Å². The molecule has 2 unspecified atom stereocenters. The molecule has 3 aliphatic rings. The van der Waals surface area contributed by atoms with Crippen molar-refractivity contribution in [1.29, 1.82) is 0 Å². The zero-order valence-electron chi connectivity index (χ0n) is 15.9. The first-order valence-corrected chi connectivity index (χ1v) is 10.2. The van der Waals surface area contributed by atoms with E-state index in [0.29, 0.717) is 12.3 Å². The molecule has 0 radical (unpaired) electrons. The van der Waals surface area contributed by atoms with Crippen LogP contribution in [0.5, 0.6) is 5.75 Å². The average Bonchev–Trinajstić information content (AvgIpc) is 3.27. The van der Waals surface area contributed by atoms with Crippen molar-refractivity contribution in [2.75, 3.05) is 11.5 Å². The van der Waals surface area contributed by atoms with Gasteiger partial charge in [-0.05, 0) is 43.5 Å². The Morgan fingerprint density at radius 2 is 1.74 bits per heavy atom. The molecule has 2 aliphatic heterocycles. The van der Waals surface area contributed by atoms with Crippen molar-refractivity contribution in [2.24, 2.45) is 16.1 Å². The number of fused-ring (bicyclic) bond motifs is 2. The third-order valence-corrected chi connectivity index (χ3v) is 5.86. The van der Waals surface area contributed by atoms with E-state index < -0.39 is 12.0 Å². The first-order valence-electron chi connectivity index (χ1n) is 10.2. The zero-order chi connectivity index (χ0) is 18.9. The number of unbranched alkanes of at least 4 members (excludes halogenated alkanes) is 5. The number of carbonyl (C=O) groups excluding carboxylic acids is 2. The van der Waals surface area contributed by atoms with E-state index in [1.165, 1.54) is 37.0 Å². The second-order valence-corrected chi connectivity index (χ2v) is 7.86. The van der Waals surface area contributed by atoms with E-state index in [9.17, 15) is 9.59 Å². The van der Waals surface area contributed by atoms with E-state index >= 15 is 0 Å². The summed E-state index contributed by atoms with van der Waals surface area (Å²) < 4.78 is 5.78. The molecule has 2 heterocycles. The Morgan fingerprint density at radius 3 is 2.44 bits per heavy atom. The molecule has 0 bridgehead atoms. The summed E-state index contributed by atoms with van der Waals surface area (Å²) in [6.07, 6.45) is 9.07. The van der Waals surface area contributed by atoms with Crippen molar-refractivity contribution in [3.05, 3.63) is 24.3 Å². The summed E-state index contributed by atoms with van der Waals surface area (Å²) in [6, 6.07) is 6.60. The van der Waals surface area contributed by atoms with Gasteiger partial charge < -0.3 is 4.74 Å². The monoisotopic (exact) mass is 369 g/mol. The van der Waals surface area contributed by atoms with Crippen molar-refractivity contribution in [3.63, 3.8) is 0 Å². The summed E-state index contributed by atoms with van der Waals surface area (Å²) in [7, 11) is 0. The van der Waals surface area contributed by atoms with Gasteiger partial charge in [-0.15, -0.1) is 0 Å². The molecule has 0 aromatic heterocycles. The normalized spacial score (nSPS) is 24.7. The fraction of sp³-hybridized carbons (Fsp3) is 0.619. The van der Waals surface area contributed by atoms with Crippen LogP contribution in [0.2, 0.25) is 0 Å². The number of rotatable bonds is 9. The number of azo groups is 1. The van der Waals surface area contributed by atoms with Crippen LogP contribution in [0.15, 0.2) is 34.5 Å².